The summed E-state index contributed by atoms with van der Waals surface area (Å²) in [4.78, 5) is 16.0. The van der Waals surface area contributed by atoms with E-state index in [0.29, 0.717) is 18.1 Å². The molecule has 0 spiro atoms. The van der Waals surface area contributed by atoms with Gasteiger partial charge in [-0.2, -0.15) is 0 Å². The Labute approximate surface area is 109 Å². The minimum Gasteiger partial charge on any atom is -0.468 e. The first-order chi connectivity index (χ1) is 8.03. The standard InChI is InChI=1S/C11H16N2O2S2/c1-7-6-16-10(13-7)17-8-3-4-11(12,5-8)9(14)15-2/h6,8H,3-5,12H2,1-2H3. The number of hydrogen-bond acceptors (Lipinski definition) is 6. The number of ether oxygens (including phenoxy) is 1. The van der Waals surface area contributed by atoms with Gasteiger partial charge in [0.15, 0.2) is 0 Å². The number of methoxy groups -OCH3 is 1. The Kier molecular flexibility index (Phi) is 3.75. The summed E-state index contributed by atoms with van der Waals surface area (Å²) >= 11 is 3.37. The van der Waals surface area contributed by atoms with Crippen LogP contribution in [-0.2, 0) is 9.53 Å². The molecule has 94 valence electrons. The second-order valence-electron chi connectivity index (χ2n) is 4.39. The van der Waals surface area contributed by atoms with Gasteiger partial charge >= 0.3 is 5.97 Å². The smallest absolute Gasteiger partial charge is 0.325 e. The Morgan fingerprint density at radius 1 is 1.76 bits per heavy atom. The average Bonchev–Trinajstić information content (AvgIpc) is 2.86. The van der Waals surface area contributed by atoms with Crippen molar-refractivity contribution < 1.29 is 9.53 Å². The molecule has 2 atom stereocenters. The molecular formula is C11H16N2O2S2. The van der Waals surface area contributed by atoms with Gasteiger partial charge in [0.2, 0.25) is 0 Å². The first-order valence-corrected chi connectivity index (χ1v) is 7.25. The number of carbonyl (C=O) groups is 1. The van der Waals surface area contributed by atoms with E-state index >= 15 is 0 Å². The number of thioether (sulfide) groups is 1. The predicted molar refractivity (Wildman–Crippen MR) is 69.3 cm³/mol. The zero-order valence-corrected chi connectivity index (χ0v) is 11.6. The highest BCUT2D eigenvalue weighted by atomic mass is 32.2. The van der Waals surface area contributed by atoms with Gasteiger partial charge in [-0.25, -0.2) is 4.98 Å². The molecule has 0 aromatic carbocycles. The molecule has 0 bridgehead atoms. The molecule has 1 aliphatic carbocycles. The summed E-state index contributed by atoms with van der Waals surface area (Å²) < 4.78 is 5.81. The summed E-state index contributed by atoms with van der Waals surface area (Å²) in [6.07, 6.45) is 2.31. The van der Waals surface area contributed by atoms with Gasteiger partial charge in [0.05, 0.1) is 7.11 Å². The molecule has 1 aromatic heterocycles. The number of aryl methyl sites for hydroxylation is 1. The molecule has 0 saturated heterocycles. The van der Waals surface area contributed by atoms with Crippen molar-refractivity contribution in [3.63, 3.8) is 0 Å². The Hall–Kier alpha value is -0.590. The summed E-state index contributed by atoms with van der Waals surface area (Å²) in [7, 11) is 1.39. The molecule has 17 heavy (non-hydrogen) atoms. The van der Waals surface area contributed by atoms with Gasteiger partial charge in [0.1, 0.15) is 9.88 Å². The number of nitrogens with two attached hydrogens (primary N) is 1. The summed E-state index contributed by atoms with van der Waals surface area (Å²) in [6.45, 7) is 1.98. The maximum Gasteiger partial charge on any atom is 0.325 e. The number of esters is 1. The summed E-state index contributed by atoms with van der Waals surface area (Å²) in [5.41, 5.74) is 6.31. The third-order valence-electron chi connectivity index (χ3n) is 2.96. The number of carbonyl (C=O) groups excluding carboxylic acids is 1. The fraction of sp³-hybridized carbons (Fsp3) is 0.636. The van der Waals surface area contributed by atoms with Gasteiger partial charge < -0.3 is 10.5 Å². The van der Waals surface area contributed by atoms with Crippen LogP contribution in [-0.4, -0.2) is 28.9 Å². The zero-order valence-electron chi connectivity index (χ0n) is 9.93. The highest BCUT2D eigenvalue weighted by Gasteiger charge is 2.43. The molecule has 2 N–H and O–H groups in total. The maximum atomic E-state index is 11.6. The zero-order chi connectivity index (χ0) is 12.5. The van der Waals surface area contributed by atoms with Gasteiger partial charge in [-0.05, 0) is 26.2 Å². The van der Waals surface area contributed by atoms with Gasteiger partial charge in [0, 0.05) is 16.3 Å². The van der Waals surface area contributed by atoms with Gasteiger partial charge in [-0.1, -0.05) is 11.8 Å². The lowest BCUT2D eigenvalue weighted by Crippen LogP contribution is -2.46. The van der Waals surface area contributed by atoms with E-state index in [9.17, 15) is 4.79 Å². The molecule has 0 radical (unpaired) electrons. The van der Waals surface area contributed by atoms with Crippen LogP contribution in [0.15, 0.2) is 9.72 Å². The Balaban J connectivity index is 1.96. The van der Waals surface area contributed by atoms with Crippen LogP contribution in [0, 0.1) is 6.92 Å². The van der Waals surface area contributed by atoms with Crippen LogP contribution < -0.4 is 5.73 Å². The first-order valence-electron chi connectivity index (χ1n) is 5.49. The van der Waals surface area contributed by atoms with E-state index in [4.69, 9.17) is 10.5 Å². The van der Waals surface area contributed by atoms with E-state index in [-0.39, 0.29) is 5.97 Å². The van der Waals surface area contributed by atoms with E-state index in [1.807, 2.05) is 12.3 Å². The molecule has 1 heterocycles. The lowest BCUT2D eigenvalue weighted by atomic mass is 10.00. The number of aromatic nitrogens is 1. The number of nitrogens with zero attached hydrogens (tertiary/aromatic N) is 1. The molecule has 6 heteroatoms. The van der Waals surface area contributed by atoms with Gasteiger partial charge in [0.25, 0.3) is 0 Å². The molecule has 1 aliphatic rings. The van der Waals surface area contributed by atoms with Crippen LogP contribution in [0.1, 0.15) is 25.0 Å². The van der Waals surface area contributed by atoms with Crippen LogP contribution in [0.5, 0.6) is 0 Å². The van der Waals surface area contributed by atoms with Crippen molar-refractivity contribution >= 4 is 29.1 Å². The van der Waals surface area contributed by atoms with Crippen molar-refractivity contribution in [2.45, 2.75) is 41.3 Å². The summed E-state index contributed by atoms with van der Waals surface area (Å²) in [5.74, 6) is -0.295. The molecule has 1 saturated carbocycles. The van der Waals surface area contributed by atoms with Crippen molar-refractivity contribution in [1.82, 2.24) is 4.98 Å². The highest BCUT2D eigenvalue weighted by Crippen LogP contribution is 2.40. The predicted octanol–water partition coefficient (Wildman–Crippen LogP) is 1.97. The van der Waals surface area contributed by atoms with Crippen molar-refractivity contribution in [1.29, 1.82) is 0 Å². The average molecular weight is 272 g/mol. The summed E-state index contributed by atoms with van der Waals surface area (Å²) in [6, 6.07) is 0. The maximum absolute atomic E-state index is 11.6. The molecule has 2 unspecified atom stereocenters. The molecular weight excluding hydrogens is 256 g/mol. The normalized spacial score (nSPS) is 28.3. The van der Waals surface area contributed by atoms with Gasteiger partial charge in [-0.3, -0.25) is 4.79 Å². The number of rotatable bonds is 3. The van der Waals surface area contributed by atoms with Crippen molar-refractivity contribution in [3.05, 3.63) is 11.1 Å². The lowest BCUT2D eigenvalue weighted by molar-refractivity contribution is -0.146. The Morgan fingerprint density at radius 3 is 3.12 bits per heavy atom. The molecule has 2 rings (SSSR count). The Bertz CT molecular complexity index is 421. The third kappa shape index (κ3) is 2.81. The topological polar surface area (TPSA) is 65.2 Å². The van der Waals surface area contributed by atoms with Crippen LogP contribution >= 0.6 is 23.1 Å². The summed E-state index contributed by atoms with van der Waals surface area (Å²) in [5, 5.41) is 2.40. The van der Waals surface area contributed by atoms with Gasteiger partial charge in [-0.15, -0.1) is 11.3 Å². The van der Waals surface area contributed by atoms with Crippen LogP contribution in [0.25, 0.3) is 0 Å². The quantitative estimate of drug-likeness (QED) is 0.852. The molecule has 4 nitrogen and oxygen atoms in total. The van der Waals surface area contributed by atoms with Crippen molar-refractivity contribution in [2.24, 2.45) is 5.73 Å². The van der Waals surface area contributed by atoms with Crippen molar-refractivity contribution in [3.8, 4) is 0 Å². The monoisotopic (exact) mass is 272 g/mol. The third-order valence-corrected chi connectivity index (χ3v) is 5.32. The molecule has 1 aromatic rings. The lowest BCUT2D eigenvalue weighted by Gasteiger charge is -2.20. The molecule has 1 fully saturated rings. The van der Waals surface area contributed by atoms with Crippen molar-refractivity contribution in [2.75, 3.05) is 7.11 Å². The van der Waals surface area contributed by atoms with E-state index in [1.165, 1.54) is 7.11 Å². The van der Waals surface area contributed by atoms with Crippen LogP contribution in [0.4, 0.5) is 0 Å². The first kappa shape index (κ1) is 12.9. The SMILES string of the molecule is COC(=O)C1(N)CCC(Sc2nc(C)cs2)C1. The second-order valence-corrected chi connectivity index (χ2v) is 6.79. The molecule has 0 aliphatic heterocycles. The highest BCUT2D eigenvalue weighted by molar-refractivity contribution is 8.01. The van der Waals surface area contributed by atoms with Crippen LogP contribution in [0.2, 0.25) is 0 Å². The molecule has 0 amide bonds. The number of hydrogen-bond donors (Lipinski definition) is 1. The Morgan fingerprint density at radius 2 is 2.53 bits per heavy atom. The minimum atomic E-state index is -0.793. The van der Waals surface area contributed by atoms with E-state index in [0.717, 1.165) is 16.5 Å². The van der Waals surface area contributed by atoms with E-state index in [1.54, 1.807) is 23.1 Å². The fourth-order valence-electron chi connectivity index (χ4n) is 2.05. The largest absolute Gasteiger partial charge is 0.468 e. The van der Waals surface area contributed by atoms with E-state index < -0.39 is 5.54 Å². The van der Waals surface area contributed by atoms with E-state index in [2.05, 4.69) is 4.98 Å². The number of thiazole rings is 1. The minimum absolute atomic E-state index is 0.295. The van der Waals surface area contributed by atoms with Crippen LogP contribution in [0.3, 0.4) is 0 Å². The fourth-order valence-corrected chi connectivity index (χ4v) is 4.44. The second kappa shape index (κ2) is 4.96.